The maximum absolute atomic E-state index is 12.6. The number of hydrogen-bond acceptors (Lipinski definition) is 5. The van der Waals surface area contributed by atoms with Crippen molar-refractivity contribution in [1.82, 2.24) is 9.97 Å². The molecule has 122 valence electrons. The number of hydrogen-bond donors (Lipinski definition) is 2. The Morgan fingerprint density at radius 1 is 1.04 bits per heavy atom. The van der Waals surface area contributed by atoms with E-state index in [1.807, 2.05) is 36.4 Å². The number of pyridine rings is 1. The summed E-state index contributed by atoms with van der Waals surface area (Å²) >= 11 is 1.53. The Morgan fingerprint density at radius 2 is 1.88 bits per heavy atom. The molecule has 0 fully saturated rings. The molecule has 2 aromatic carbocycles. The molecule has 4 aromatic rings. The third kappa shape index (κ3) is 3.07. The lowest BCUT2D eigenvalue weighted by atomic mass is 10.1. The monoisotopic (exact) mass is 346 g/mol. The summed E-state index contributed by atoms with van der Waals surface area (Å²) in [6.07, 6.45) is 3.48. The van der Waals surface area contributed by atoms with E-state index in [9.17, 15) is 4.79 Å². The van der Waals surface area contributed by atoms with E-state index in [1.54, 1.807) is 30.0 Å². The average Bonchev–Trinajstić information content (AvgIpc) is 3.18. The Hall–Kier alpha value is -3.25. The van der Waals surface area contributed by atoms with E-state index in [2.05, 4.69) is 15.3 Å². The second-order valence-corrected chi connectivity index (χ2v) is 6.42. The lowest BCUT2D eigenvalue weighted by Gasteiger charge is -2.10. The first kappa shape index (κ1) is 15.3. The van der Waals surface area contributed by atoms with Crippen LogP contribution in [0.25, 0.3) is 21.2 Å². The molecular weight excluding hydrogens is 332 g/mol. The molecular formula is C19H14N4OS. The van der Waals surface area contributed by atoms with E-state index < -0.39 is 0 Å². The summed E-state index contributed by atoms with van der Waals surface area (Å²) in [5, 5.41) is 4.81. The molecule has 0 spiro atoms. The number of anilines is 2. The molecule has 0 atom stereocenters. The summed E-state index contributed by atoms with van der Waals surface area (Å²) in [6, 6.07) is 15.1. The van der Waals surface area contributed by atoms with Crippen LogP contribution in [-0.4, -0.2) is 15.9 Å². The number of nitrogens with one attached hydrogen (secondary N) is 1. The van der Waals surface area contributed by atoms with E-state index in [-0.39, 0.29) is 5.91 Å². The zero-order chi connectivity index (χ0) is 17.2. The molecule has 1 amide bonds. The van der Waals surface area contributed by atoms with Gasteiger partial charge in [-0.15, -0.1) is 11.3 Å². The zero-order valence-corrected chi connectivity index (χ0v) is 14.0. The number of rotatable bonds is 3. The van der Waals surface area contributed by atoms with E-state index in [4.69, 9.17) is 5.73 Å². The predicted octanol–water partition coefficient (Wildman–Crippen LogP) is 4.19. The number of benzene rings is 2. The highest BCUT2D eigenvalue weighted by molar-refractivity contribution is 7.13. The van der Waals surface area contributed by atoms with Gasteiger partial charge < -0.3 is 11.1 Å². The first-order valence-electron chi connectivity index (χ1n) is 7.65. The van der Waals surface area contributed by atoms with Crippen LogP contribution in [0.3, 0.4) is 0 Å². The standard InChI is InChI=1S/C19H14N4OS/c20-15-6-5-13(18-10-21-11-25-18)8-16(15)23-19(24)17-7-12-3-1-2-4-14(12)9-22-17/h1-11H,20H2,(H,23,24). The molecule has 0 saturated heterocycles. The lowest BCUT2D eigenvalue weighted by Crippen LogP contribution is -2.14. The predicted molar refractivity (Wildman–Crippen MR) is 102 cm³/mol. The third-order valence-electron chi connectivity index (χ3n) is 3.88. The summed E-state index contributed by atoms with van der Waals surface area (Å²) < 4.78 is 0. The smallest absolute Gasteiger partial charge is 0.274 e. The molecule has 5 nitrogen and oxygen atoms in total. The molecule has 0 aliphatic carbocycles. The summed E-state index contributed by atoms with van der Waals surface area (Å²) in [4.78, 5) is 21.9. The van der Waals surface area contributed by atoms with Crippen molar-refractivity contribution >= 4 is 39.4 Å². The van der Waals surface area contributed by atoms with Crippen molar-refractivity contribution in [3.63, 3.8) is 0 Å². The van der Waals surface area contributed by atoms with Crippen LogP contribution in [0.2, 0.25) is 0 Å². The van der Waals surface area contributed by atoms with Gasteiger partial charge in [-0.05, 0) is 29.1 Å². The van der Waals surface area contributed by atoms with Crippen molar-refractivity contribution in [2.45, 2.75) is 0 Å². The highest BCUT2D eigenvalue weighted by atomic mass is 32.1. The van der Waals surface area contributed by atoms with Gasteiger partial charge in [-0.25, -0.2) is 0 Å². The summed E-state index contributed by atoms with van der Waals surface area (Å²) in [7, 11) is 0. The highest BCUT2D eigenvalue weighted by Crippen LogP contribution is 2.29. The maximum atomic E-state index is 12.6. The van der Waals surface area contributed by atoms with Gasteiger partial charge in [0.05, 0.1) is 21.8 Å². The molecule has 4 rings (SSSR count). The van der Waals surface area contributed by atoms with Crippen molar-refractivity contribution in [3.05, 3.63) is 72.1 Å². The number of carbonyl (C=O) groups excluding carboxylic acids is 1. The van der Waals surface area contributed by atoms with Gasteiger partial charge >= 0.3 is 0 Å². The van der Waals surface area contributed by atoms with Gasteiger partial charge in [0.15, 0.2) is 0 Å². The summed E-state index contributed by atoms with van der Waals surface area (Å²) in [6.45, 7) is 0. The Morgan fingerprint density at radius 3 is 2.68 bits per heavy atom. The van der Waals surface area contributed by atoms with Crippen LogP contribution in [0.4, 0.5) is 11.4 Å². The number of thiazole rings is 1. The highest BCUT2D eigenvalue weighted by Gasteiger charge is 2.12. The van der Waals surface area contributed by atoms with E-state index >= 15 is 0 Å². The van der Waals surface area contributed by atoms with Crippen LogP contribution in [0, 0.1) is 0 Å². The number of amides is 1. The minimum atomic E-state index is -0.293. The van der Waals surface area contributed by atoms with Gasteiger partial charge in [0, 0.05) is 17.8 Å². The fraction of sp³-hybridized carbons (Fsp3) is 0. The zero-order valence-electron chi connectivity index (χ0n) is 13.1. The van der Waals surface area contributed by atoms with Crippen molar-refractivity contribution in [2.75, 3.05) is 11.1 Å². The fourth-order valence-corrected chi connectivity index (χ4v) is 3.19. The Kier molecular flexibility index (Phi) is 3.87. The number of nitrogens with two attached hydrogens (primary N) is 1. The van der Waals surface area contributed by atoms with Crippen molar-refractivity contribution in [2.24, 2.45) is 0 Å². The fourth-order valence-electron chi connectivity index (χ4n) is 2.57. The van der Waals surface area contributed by atoms with Gasteiger partial charge in [-0.1, -0.05) is 30.3 Å². The summed E-state index contributed by atoms with van der Waals surface area (Å²) in [5.41, 5.74) is 10.1. The maximum Gasteiger partial charge on any atom is 0.274 e. The molecule has 0 saturated carbocycles. The van der Waals surface area contributed by atoms with Crippen molar-refractivity contribution in [3.8, 4) is 10.4 Å². The average molecular weight is 346 g/mol. The minimum Gasteiger partial charge on any atom is -0.397 e. The second-order valence-electron chi connectivity index (χ2n) is 5.54. The molecule has 3 N–H and O–H groups in total. The van der Waals surface area contributed by atoms with Crippen LogP contribution in [0.5, 0.6) is 0 Å². The minimum absolute atomic E-state index is 0.293. The molecule has 0 aliphatic heterocycles. The normalized spacial score (nSPS) is 10.7. The largest absolute Gasteiger partial charge is 0.397 e. The second kappa shape index (κ2) is 6.33. The van der Waals surface area contributed by atoms with E-state index in [1.165, 1.54) is 11.3 Å². The third-order valence-corrected chi connectivity index (χ3v) is 4.70. The molecule has 0 unspecified atom stereocenters. The Bertz CT molecular complexity index is 1060. The molecule has 2 heterocycles. The van der Waals surface area contributed by atoms with E-state index in [0.29, 0.717) is 17.1 Å². The van der Waals surface area contributed by atoms with Crippen LogP contribution in [0.1, 0.15) is 10.5 Å². The van der Waals surface area contributed by atoms with Crippen LogP contribution in [0.15, 0.2) is 66.4 Å². The van der Waals surface area contributed by atoms with Gasteiger partial charge in [0.25, 0.3) is 5.91 Å². The first-order chi connectivity index (χ1) is 12.2. The quantitative estimate of drug-likeness (QED) is 0.545. The molecule has 0 radical (unpaired) electrons. The van der Waals surface area contributed by atoms with Gasteiger partial charge in [0.2, 0.25) is 0 Å². The van der Waals surface area contributed by atoms with E-state index in [0.717, 1.165) is 21.2 Å². The topological polar surface area (TPSA) is 80.9 Å². The molecule has 6 heteroatoms. The number of nitrogen functional groups attached to an aromatic ring is 1. The molecule has 2 aromatic heterocycles. The van der Waals surface area contributed by atoms with Crippen LogP contribution < -0.4 is 11.1 Å². The summed E-state index contributed by atoms with van der Waals surface area (Å²) in [5.74, 6) is -0.293. The van der Waals surface area contributed by atoms with Crippen LogP contribution in [-0.2, 0) is 0 Å². The van der Waals surface area contributed by atoms with Crippen LogP contribution >= 0.6 is 11.3 Å². The van der Waals surface area contributed by atoms with Crippen molar-refractivity contribution < 1.29 is 4.79 Å². The SMILES string of the molecule is Nc1ccc(-c2cncs2)cc1NC(=O)c1cc2ccccc2cn1. The van der Waals surface area contributed by atoms with Crippen molar-refractivity contribution in [1.29, 1.82) is 0 Å². The first-order valence-corrected chi connectivity index (χ1v) is 8.53. The van der Waals surface area contributed by atoms with Gasteiger partial charge in [0.1, 0.15) is 5.69 Å². The lowest BCUT2D eigenvalue weighted by molar-refractivity contribution is 0.102. The number of aromatic nitrogens is 2. The number of nitrogens with zero attached hydrogens (tertiary/aromatic N) is 2. The van der Waals surface area contributed by atoms with Gasteiger partial charge in [-0.2, -0.15) is 0 Å². The Balaban J connectivity index is 1.64. The molecule has 0 aliphatic rings. The Labute approximate surface area is 148 Å². The number of carbonyl (C=O) groups is 1. The molecule has 25 heavy (non-hydrogen) atoms. The number of fused-ring (bicyclic) bond motifs is 1. The molecule has 0 bridgehead atoms. The van der Waals surface area contributed by atoms with Gasteiger partial charge in [-0.3, -0.25) is 14.8 Å².